The minimum Gasteiger partial charge on any atom is -0.342 e. The Balaban J connectivity index is -0.000000267. The molecule has 82 valence electrons. The van der Waals surface area contributed by atoms with Crippen LogP contribution in [0, 0.1) is 0 Å². The van der Waals surface area contributed by atoms with E-state index < -0.39 is 0 Å². The van der Waals surface area contributed by atoms with Gasteiger partial charge in [-0.15, -0.1) is 0 Å². The van der Waals surface area contributed by atoms with Crippen LogP contribution >= 0.6 is 0 Å². The van der Waals surface area contributed by atoms with Crippen LogP contribution in [0.25, 0.3) is 0 Å². The molecule has 1 amide bonds. The standard InChI is InChI=1S/C7H16N2O.C3H8.H2/c1-4-9(5-2)7(10)6-8-3;1-3-2;/h8H,4-6H2,1-3H3;3H2,1-2H3;1H. The highest BCUT2D eigenvalue weighted by Gasteiger charge is 2.05. The van der Waals surface area contributed by atoms with Gasteiger partial charge in [0.25, 0.3) is 0 Å². The highest BCUT2D eigenvalue weighted by molar-refractivity contribution is 5.78. The molecule has 1 N–H and O–H groups in total. The van der Waals surface area contributed by atoms with Crippen molar-refractivity contribution in [2.75, 3.05) is 26.7 Å². The Hall–Kier alpha value is -0.570. The van der Waals surface area contributed by atoms with Gasteiger partial charge in [0.15, 0.2) is 0 Å². The monoisotopic (exact) mass is 190 g/mol. The second-order valence-electron chi connectivity index (χ2n) is 2.80. The maximum atomic E-state index is 11.1. The topological polar surface area (TPSA) is 32.3 Å². The van der Waals surface area contributed by atoms with Crippen molar-refractivity contribution >= 4 is 5.91 Å². The first-order valence-corrected chi connectivity index (χ1v) is 5.10. The van der Waals surface area contributed by atoms with E-state index in [1.807, 2.05) is 13.8 Å². The third-order valence-electron chi connectivity index (χ3n) is 1.44. The van der Waals surface area contributed by atoms with Crippen LogP contribution in [0.4, 0.5) is 0 Å². The van der Waals surface area contributed by atoms with Gasteiger partial charge in [-0.3, -0.25) is 4.79 Å². The number of likely N-dealkylation sites (N-methyl/N-ethyl adjacent to an activating group) is 2. The summed E-state index contributed by atoms with van der Waals surface area (Å²) in [7, 11) is 1.78. The summed E-state index contributed by atoms with van der Waals surface area (Å²) in [5, 5.41) is 2.83. The summed E-state index contributed by atoms with van der Waals surface area (Å²) >= 11 is 0. The SMILES string of the molecule is CCC.CCN(CC)C(=O)CNC.[HH]. The molecule has 0 heterocycles. The summed E-state index contributed by atoms with van der Waals surface area (Å²) in [5.41, 5.74) is 0. The minimum atomic E-state index is 0. The van der Waals surface area contributed by atoms with E-state index in [4.69, 9.17) is 0 Å². The molecule has 0 aromatic heterocycles. The van der Waals surface area contributed by atoms with E-state index >= 15 is 0 Å². The number of carbonyl (C=O) groups excluding carboxylic acids is 1. The van der Waals surface area contributed by atoms with Crippen LogP contribution < -0.4 is 5.32 Å². The molecule has 0 bridgehead atoms. The number of hydrogen-bond acceptors (Lipinski definition) is 2. The van der Waals surface area contributed by atoms with E-state index in [-0.39, 0.29) is 7.33 Å². The lowest BCUT2D eigenvalue weighted by molar-refractivity contribution is -0.129. The highest BCUT2D eigenvalue weighted by atomic mass is 16.2. The Bertz CT molecular complexity index is 117. The summed E-state index contributed by atoms with van der Waals surface area (Å²) in [6.07, 6.45) is 1.25. The smallest absolute Gasteiger partial charge is 0.236 e. The van der Waals surface area contributed by atoms with Gasteiger partial charge >= 0.3 is 0 Å². The van der Waals surface area contributed by atoms with E-state index in [0.717, 1.165) is 13.1 Å². The maximum absolute atomic E-state index is 11.1. The van der Waals surface area contributed by atoms with Crippen molar-refractivity contribution in [3.63, 3.8) is 0 Å². The molecule has 13 heavy (non-hydrogen) atoms. The van der Waals surface area contributed by atoms with Crippen molar-refractivity contribution in [1.82, 2.24) is 10.2 Å². The molecule has 0 atom stereocenters. The van der Waals surface area contributed by atoms with E-state index in [1.165, 1.54) is 6.42 Å². The molecule has 3 heteroatoms. The van der Waals surface area contributed by atoms with Crippen LogP contribution in [0.5, 0.6) is 0 Å². The van der Waals surface area contributed by atoms with Crippen molar-refractivity contribution in [2.45, 2.75) is 34.1 Å². The molecule has 0 aliphatic carbocycles. The second kappa shape index (κ2) is 11.4. The average Bonchev–Trinajstić information content (AvgIpc) is 2.08. The first-order valence-electron chi connectivity index (χ1n) is 5.10. The molecule has 0 aromatic rings. The molecule has 0 rings (SSSR count). The van der Waals surface area contributed by atoms with Crippen LogP contribution in [0.2, 0.25) is 0 Å². The van der Waals surface area contributed by atoms with E-state index in [1.54, 1.807) is 11.9 Å². The fourth-order valence-corrected chi connectivity index (χ4v) is 0.839. The zero-order valence-corrected chi connectivity index (χ0v) is 9.68. The average molecular weight is 190 g/mol. The van der Waals surface area contributed by atoms with Gasteiger partial charge in [-0.1, -0.05) is 20.3 Å². The zero-order chi connectivity index (χ0) is 10.7. The summed E-state index contributed by atoms with van der Waals surface area (Å²) in [5.74, 6) is 0.174. The van der Waals surface area contributed by atoms with Crippen LogP contribution in [-0.2, 0) is 4.79 Å². The molecule has 0 aliphatic heterocycles. The third kappa shape index (κ3) is 9.34. The lowest BCUT2D eigenvalue weighted by atomic mass is 10.4. The van der Waals surface area contributed by atoms with Crippen molar-refractivity contribution in [3.05, 3.63) is 0 Å². The van der Waals surface area contributed by atoms with Gasteiger partial charge in [0.05, 0.1) is 6.54 Å². The Morgan fingerprint density at radius 2 is 1.62 bits per heavy atom. The van der Waals surface area contributed by atoms with Crippen molar-refractivity contribution in [3.8, 4) is 0 Å². The predicted molar refractivity (Wildman–Crippen MR) is 59.9 cm³/mol. The van der Waals surface area contributed by atoms with E-state index in [9.17, 15) is 4.79 Å². The Morgan fingerprint density at radius 1 is 1.23 bits per heavy atom. The minimum absolute atomic E-state index is 0. The molecular weight excluding hydrogens is 164 g/mol. The lowest BCUT2D eigenvalue weighted by Gasteiger charge is -2.17. The van der Waals surface area contributed by atoms with Crippen LogP contribution in [0.15, 0.2) is 0 Å². The van der Waals surface area contributed by atoms with Crippen LogP contribution in [0.1, 0.15) is 35.5 Å². The number of carbonyl (C=O) groups is 1. The molecule has 0 spiro atoms. The van der Waals surface area contributed by atoms with Gasteiger partial charge in [-0.2, -0.15) is 0 Å². The first-order chi connectivity index (χ1) is 6.17. The Labute approximate surface area is 84.0 Å². The second-order valence-corrected chi connectivity index (χ2v) is 2.80. The molecule has 0 fully saturated rings. The number of rotatable bonds is 4. The van der Waals surface area contributed by atoms with Gasteiger partial charge in [0.1, 0.15) is 0 Å². The molecular formula is C10H26N2O. The molecule has 0 saturated heterocycles. The van der Waals surface area contributed by atoms with E-state index in [0.29, 0.717) is 6.54 Å². The summed E-state index contributed by atoms with van der Waals surface area (Å²) in [6, 6.07) is 0. The van der Waals surface area contributed by atoms with Gasteiger partial charge in [0, 0.05) is 14.5 Å². The van der Waals surface area contributed by atoms with E-state index in [2.05, 4.69) is 19.2 Å². The number of amides is 1. The predicted octanol–water partition coefficient (Wildman–Crippen LogP) is 1.74. The van der Waals surface area contributed by atoms with Crippen LogP contribution in [-0.4, -0.2) is 37.5 Å². The summed E-state index contributed by atoms with van der Waals surface area (Å²) < 4.78 is 0. The Kier molecular flexibility index (Phi) is 13.1. The number of nitrogens with zero attached hydrogens (tertiary/aromatic N) is 1. The highest BCUT2D eigenvalue weighted by Crippen LogP contribution is 1.85. The first kappa shape index (κ1) is 14.9. The number of nitrogens with one attached hydrogen (secondary N) is 1. The quantitative estimate of drug-likeness (QED) is 0.732. The lowest BCUT2D eigenvalue weighted by Crippen LogP contribution is -2.36. The molecule has 0 aromatic carbocycles. The van der Waals surface area contributed by atoms with Crippen LogP contribution in [0.3, 0.4) is 0 Å². The zero-order valence-electron chi connectivity index (χ0n) is 9.68. The van der Waals surface area contributed by atoms with Gasteiger partial charge in [-0.25, -0.2) is 0 Å². The molecule has 3 nitrogen and oxygen atoms in total. The third-order valence-corrected chi connectivity index (χ3v) is 1.44. The fourth-order valence-electron chi connectivity index (χ4n) is 0.839. The fraction of sp³-hybridized carbons (Fsp3) is 0.900. The largest absolute Gasteiger partial charge is 0.342 e. The van der Waals surface area contributed by atoms with Gasteiger partial charge in [-0.05, 0) is 20.9 Å². The summed E-state index contributed by atoms with van der Waals surface area (Å²) in [6.45, 7) is 10.3. The van der Waals surface area contributed by atoms with Crippen molar-refractivity contribution in [2.24, 2.45) is 0 Å². The molecule has 0 radical (unpaired) electrons. The Morgan fingerprint density at radius 3 is 1.85 bits per heavy atom. The van der Waals surface area contributed by atoms with Crippen molar-refractivity contribution in [1.29, 1.82) is 0 Å². The summed E-state index contributed by atoms with van der Waals surface area (Å²) in [4.78, 5) is 12.9. The molecule has 0 unspecified atom stereocenters. The van der Waals surface area contributed by atoms with Gasteiger partial charge in [0.2, 0.25) is 5.91 Å². The maximum Gasteiger partial charge on any atom is 0.236 e. The molecule has 0 aliphatic rings. The molecule has 0 saturated carbocycles. The normalized spacial score (nSPS) is 8.69. The van der Waals surface area contributed by atoms with Gasteiger partial charge < -0.3 is 10.2 Å². The number of hydrogen-bond donors (Lipinski definition) is 1. The van der Waals surface area contributed by atoms with Crippen molar-refractivity contribution < 1.29 is 6.22 Å².